The topological polar surface area (TPSA) is 74.6 Å². The van der Waals surface area contributed by atoms with E-state index in [0.717, 1.165) is 38.5 Å². The number of carbonyl (C=O) groups is 2. The molecule has 0 aromatic carbocycles. The van der Waals surface area contributed by atoms with Crippen molar-refractivity contribution in [1.82, 2.24) is 0 Å². The van der Waals surface area contributed by atoms with Crippen LogP contribution in [-0.4, -0.2) is 22.2 Å². The molecule has 0 bridgehead atoms. The van der Waals surface area contributed by atoms with E-state index in [9.17, 15) is 14.7 Å². The molecule has 0 rings (SSSR count). The van der Waals surface area contributed by atoms with Crippen LogP contribution in [-0.2, 0) is 9.59 Å². The van der Waals surface area contributed by atoms with Crippen LogP contribution >= 0.6 is 0 Å². The Kier molecular flexibility index (Phi) is 26.8. The second-order valence-electron chi connectivity index (χ2n) is 14.0. The van der Waals surface area contributed by atoms with Gasteiger partial charge >= 0.3 is 11.9 Å². The van der Waals surface area contributed by atoms with Crippen LogP contribution in [0.2, 0.25) is 0 Å². The summed E-state index contributed by atoms with van der Waals surface area (Å²) in [5.41, 5.74) is -0.102. The van der Waals surface area contributed by atoms with Gasteiger partial charge in [-0.15, -0.1) is 0 Å². The highest BCUT2D eigenvalue weighted by Gasteiger charge is 2.41. The summed E-state index contributed by atoms with van der Waals surface area (Å²) in [4.78, 5) is 23.2. The highest BCUT2D eigenvalue weighted by atomic mass is 16.4. The highest BCUT2D eigenvalue weighted by Crippen LogP contribution is 2.46. The molecule has 2 N–H and O–H groups in total. The Morgan fingerprint density at radius 3 is 1.19 bits per heavy atom. The first-order valence-corrected chi connectivity index (χ1v) is 18.7. The van der Waals surface area contributed by atoms with Crippen LogP contribution < -0.4 is 0 Å². The largest absolute Gasteiger partial charge is 0.481 e. The lowest BCUT2D eigenvalue weighted by molar-refractivity contribution is -0.148. The van der Waals surface area contributed by atoms with E-state index in [0.29, 0.717) is 18.3 Å². The molecule has 3 atom stereocenters. The summed E-state index contributed by atoms with van der Waals surface area (Å²) >= 11 is 0. The fraction of sp³-hybridized carbons (Fsp3) is 0.947. The normalized spacial score (nSPS) is 15.3. The zero-order chi connectivity index (χ0) is 31.5. The zero-order valence-electron chi connectivity index (χ0n) is 29.0. The molecular weight excluding hydrogens is 520 g/mol. The standard InChI is InChI=1S/C38H74O4/c1-6-10-27-33(8-3)31-38(5,32-34(9-4)28-11-7-2)35(37(41)42)29-25-23-21-19-17-15-13-12-14-16-18-20-22-24-26-30-36(39)40/h33-35H,6-32H2,1-5H3,(H,39,40)(H,41,42). The van der Waals surface area contributed by atoms with E-state index in [1.54, 1.807) is 0 Å². The van der Waals surface area contributed by atoms with Gasteiger partial charge in [-0.25, -0.2) is 0 Å². The third-order valence-electron chi connectivity index (χ3n) is 10.1. The summed E-state index contributed by atoms with van der Waals surface area (Å²) in [6.07, 6.45) is 31.5. The average Bonchev–Trinajstić information content (AvgIpc) is 2.96. The minimum atomic E-state index is -0.670. The number of hydrogen-bond acceptors (Lipinski definition) is 2. The van der Waals surface area contributed by atoms with Crippen molar-refractivity contribution in [3.8, 4) is 0 Å². The Morgan fingerprint density at radius 2 is 0.881 bits per heavy atom. The number of carboxylic acids is 2. The third-order valence-corrected chi connectivity index (χ3v) is 10.1. The molecular formula is C38H74O4. The van der Waals surface area contributed by atoms with Crippen LogP contribution in [0, 0.1) is 23.2 Å². The van der Waals surface area contributed by atoms with Gasteiger partial charge in [0, 0.05) is 6.42 Å². The SMILES string of the molecule is CCCCC(CC)CC(C)(CC(CC)CCCC)C(CCCCCCCCCCCCCCCCCC(=O)O)C(=O)O. The van der Waals surface area contributed by atoms with E-state index < -0.39 is 11.9 Å². The molecule has 42 heavy (non-hydrogen) atoms. The lowest BCUT2D eigenvalue weighted by Crippen LogP contribution is -2.37. The number of carboxylic acid groups (broad SMARTS) is 2. The van der Waals surface area contributed by atoms with Crippen LogP contribution in [0.15, 0.2) is 0 Å². The summed E-state index contributed by atoms with van der Waals surface area (Å²) in [5, 5.41) is 19.1. The Balaban J connectivity index is 4.44. The van der Waals surface area contributed by atoms with Crippen molar-refractivity contribution in [2.24, 2.45) is 23.2 Å². The smallest absolute Gasteiger partial charge is 0.307 e. The van der Waals surface area contributed by atoms with Crippen molar-refractivity contribution in [3.05, 3.63) is 0 Å². The molecule has 0 saturated carbocycles. The molecule has 0 spiro atoms. The average molecular weight is 595 g/mol. The monoisotopic (exact) mass is 595 g/mol. The van der Waals surface area contributed by atoms with E-state index in [2.05, 4.69) is 34.6 Å². The van der Waals surface area contributed by atoms with Crippen LogP contribution in [0.4, 0.5) is 0 Å². The van der Waals surface area contributed by atoms with E-state index in [1.165, 1.54) is 128 Å². The minimum Gasteiger partial charge on any atom is -0.481 e. The predicted molar refractivity (Wildman–Crippen MR) is 181 cm³/mol. The van der Waals surface area contributed by atoms with E-state index in [-0.39, 0.29) is 11.3 Å². The molecule has 0 aliphatic heterocycles. The van der Waals surface area contributed by atoms with E-state index in [1.807, 2.05) is 0 Å². The third kappa shape index (κ3) is 21.6. The van der Waals surface area contributed by atoms with Gasteiger partial charge in [0.05, 0.1) is 5.92 Å². The summed E-state index contributed by atoms with van der Waals surface area (Å²) in [7, 11) is 0. The van der Waals surface area contributed by atoms with Crippen molar-refractivity contribution >= 4 is 11.9 Å². The van der Waals surface area contributed by atoms with Gasteiger partial charge in [0.25, 0.3) is 0 Å². The molecule has 0 aromatic heterocycles. The quantitative estimate of drug-likeness (QED) is 0.0760. The second kappa shape index (κ2) is 27.5. The van der Waals surface area contributed by atoms with Gasteiger partial charge in [-0.2, -0.15) is 0 Å². The minimum absolute atomic E-state index is 0.102. The highest BCUT2D eigenvalue weighted by molar-refractivity contribution is 5.71. The number of hydrogen-bond donors (Lipinski definition) is 2. The van der Waals surface area contributed by atoms with Crippen molar-refractivity contribution in [2.45, 2.75) is 208 Å². The number of unbranched alkanes of at least 4 members (excludes halogenated alkanes) is 16. The van der Waals surface area contributed by atoms with Crippen molar-refractivity contribution in [1.29, 1.82) is 0 Å². The summed E-state index contributed by atoms with van der Waals surface area (Å²) in [6.45, 7) is 11.5. The fourth-order valence-electron chi connectivity index (χ4n) is 7.27. The Bertz CT molecular complexity index is 613. The molecule has 0 aromatic rings. The maximum Gasteiger partial charge on any atom is 0.307 e. The lowest BCUT2D eigenvalue weighted by atomic mass is 9.63. The molecule has 250 valence electrons. The first-order chi connectivity index (χ1) is 20.2. The lowest BCUT2D eigenvalue weighted by Gasteiger charge is -2.41. The van der Waals surface area contributed by atoms with Gasteiger partial charge in [-0.1, -0.05) is 176 Å². The first kappa shape index (κ1) is 40.9. The van der Waals surface area contributed by atoms with E-state index >= 15 is 0 Å². The molecule has 0 aliphatic rings. The molecule has 0 fully saturated rings. The molecule has 3 unspecified atom stereocenters. The maximum absolute atomic E-state index is 12.7. The molecule has 4 nitrogen and oxygen atoms in total. The van der Waals surface area contributed by atoms with Crippen LogP contribution in [0.25, 0.3) is 0 Å². The molecule has 0 heterocycles. The van der Waals surface area contributed by atoms with Crippen LogP contribution in [0.1, 0.15) is 208 Å². The van der Waals surface area contributed by atoms with Crippen LogP contribution in [0.5, 0.6) is 0 Å². The second-order valence-corrected chi connectivity index (χ2v) is 14.0. The van der Waals surface area contributed by atoms with Gasteiger partial charge in [-0.3, -0.25) is 9.59 Å². The Labute approximate surface area is 262 Å². The predicted octanol–water partition coefficient (Wildman–Crippen LogP) is 12.6. The van der Waals surface area contributed by atoms with Gasteiger partial charge in [0.1, 0.15) is 0 Å². The Hall–Kier alpha value is -1.06. The zero-order valence-corrected chi connectivity index (χ0v) is 29.0. The molecule has 0 aliphatic carbocycles. The summed E-state index contributed by atoms with van der Waals surface area (Å²) in [6, 6.07) is 0. The molecule has 0 radical (unpaired) electrons. The van der Waals surface area contributed by atoms with Crippen LogP contribution in [0.3, 0.4) is 0 Å². The van der Waals surface area contributed by atoms with Gasteiger partial charge in [0.2, 0.25) is 0 Å². The van der Waals surface area contributed by atoms with Crippen molar-refractivity contribution < 1.29 is 19.8 Å². The fourth-order valence-corrected chi connectivity index (χ4v) is 7.27. The first-order valence-electron chi connectivity index (χ1n) is 18.7. The number of aliphatic carboxylic acids is 2. The maximum atomic E-state index is 12.7. The van der Waals surface area contributed by atoms with E-state index in [4.69, 9.17) is 5.11 Å². The van der Waals surface area contributed by atoms with Gasteiger partial charge in [-0.05, 0) is 42.9 Å². The van der Waals surface area contributed by atoms with Crippen molar-refractivity contribution in [2.75, 3.05) is 0 Å². The van der Waals surface area contributed by atoms with Gasteiger partial charge < -0.3 is 10.2 Å². The van der Waals surface area contributed by atoms with Gasteiger partial charge in [0.15, 0.2) is 0 Å². The molecule has 0 saturated heterocycles. The molecule has 4 heteroatoms. The van der Waals surface area contributed by atoms with Crippen molar-refractivity contribution in [3.63, 3.8) is 0 Å². The number of rotatable bonds is 32. The Morgan fingerprint density at radius 1 is 0.524 bits per heavy atom. The molecule has 0 amide bonds. The summed E-state index contributed by atoms with van der Waals surface area (Å²) < 4.78 is 0. The summed E-state index contributed by atoms with van der Waals surface area (Å²) in [5.74, 6) is -0.136.